The summed E-state index contributed by atoms with van der Waals surface area (Å²) in [5, 5.41) is 2.88. The highest BCUT2D eigenvalue weighted by atomic mass is 16.5. The fraction of sp³-hybridized carbons (Fsp3) is 0.364. The van der Waals surface area contributed by atoms with Crippen molar-refractivity contribution in [3.63, 3.8) is 0 Å². The van der Waals surface area contributed by atoms with Crippen LogP contribution in [0.5, 0.6) is 5.75 Å². The lowest BCUT2D eigenvalue weighted by atomic mass is 10.1. The lowest BCUT2D eigenvalue weighted by Crippen LogP contribution is -2.29. The van der Waals surface area contributed by atoms with E-state index in [0.717, 1.165) is 37.2 Å². The Kier molecular flexibility index (Phi) is 5.10. The Bertz CT molecular complexity index is 862. The predicted molar refractivity (Wildman–Crippen MR) is 104 cm³/mol. The number of amides is 2. The van der Waals surface area contributed by atoms with Crippen LogP contribution in [0.1, 0.15) is 40.7 Å². The van der Waals surface area contributed by atoms with Gasteiger partial charge < -0.3 is 15.0 Å². The zero-order valence-electron chi connectivity index (χ0n) is 15.4. The number of nitrogens with zero attached hydrogens (tertiary/aromatic N) is 1. The number of anilines is 1. The number of rotatable bonds is 6. The van der Waals surface area contributed by atoms with Crippen molar-refractivity contribution in [1.29, 1.82) is 0 Å². The van der Waals surface area contributed by atoms with E-state index in [-0.39, 0.29) is 11.8 Å². The van der Waals surface area contributed by atoms with Crippen LogP contribution in [0.3, 0.4) is 0 Å². The van der Waals surface area contributed by atoms with Crippen molar-refractivity contribution < 1.29 is 14.3 Å². The number of carbonyl (C=O) groups is 2. The average molecular weight is 364 g/mol. The molecular formula is C22H24N2O3. The molecule has 27 heavy (non-hydrogen) atoms. The van der Waals surface area contributed by atoms with E-state index in [9.17, 15) is 9.59 Å². The van der Waals surface area contributed by atoms with E-state index >= 15 is 0 Å². The Labute approximate surface area is 159 Å². The third-order valence-corrected chi connectivity index (χ3v) is 5.22. The van der Waals surface area contributed by atoms with Gasteiger partial charge in [0.1, 0.15) is 12.4 Å². The summed E-state index contributed by atoms with van der Waals surface area (Å²) in [7, 11) is 0. The maximum atomic E-state index is 12.4. The summed E-state index contributed by atoms with van der Waals surface area (Å²) in [4.78, 5) is 26.0. The summed E-state index contributed by atoms with van der Waals surface area (Å²) in [6.07, 6.45) is 4.95. The molecule has 1 fully saturated rings. The second kappa shape index (κ2) is 7.82. The maximum absolute atomic E-state index is 12.4. The van der Waals surface area contributed by atoms with Crippen molar-refractivity contribution in [2.75, 3.05) is 24.6 Å². The van der Waals surface area contributed by atoms with E-state index in [1.165, 1.54) is 17.5 Å². The Morgan fingerprint density at radius 2 is 1.93 bits per heavy atom. The molecule has 0 atom stereocenters. The van der Waals surface area contributed by atoms with Crippen molar-refractivity contribution in [2.45, 2.75) is 32.1 Å². The second-order valence-corrected chi connectivity index (χ2v) is 7.09. The number of ether oxygens (including phenoxy) is 1. The largest absolute Gasteiger partial charge is 0.492 e. The molecule has 5 heteroatoms. The van der Waals surface area contributed by atoms with Gasteiger partial charge >= 0.3 is 0 Å². The maximum Gasteiger partial charge on any atom is 0.251 e. The van der Waals surface area contributed by atoms with Crippen LogP contribution in [0.2, 0.25) is 0 Å². The van der Waals surface area contributed by atoms with Gasteiger partial charge in [-0.15, -0.1) is 0 Å². The lowest BCUT2D eigenvalue weighted by Gasteiger charge is -2.16. The van der Waals surface area contributed by atoms with Gasteiger partial charge in [0.2, 0.25) is 5.91 Å². The van der Waals surface area contributed by atoms with Gasteiger partial charge in [-0.25, -0.2) is 0 Å². The van der Waals surface area contributed by atoms with Gasteiger partial charge in [-0.05, 0) is 67.1 Å². The first-order chi connectivity index (χ1) is 13.2. The molecule has 0 unspecified atom stereocenters. The van der Waals surface area contributed by atoms with Gasteiger partial charge in [-0.1, -0.05) is 12.1 Å². The Morgan fingerprint density at radius 3 is 2.78 bits per heavy atom. The molecule has 1 aliphatic heterocycles. The number of carbonyl (C=O) groups excluding carboxylic acids is 2. The summed E-state index contributed by atoms with van der Waals surface area (Å²) < 4.78 is 5.77. The van der Waals surface area contributed by atoms with Gasteiger partial charge in [0.15, 0.2) is 0 Å². The smallest absolute Gasteiger partial charge is 0.251 e. The summed E-state index contributed by atoms with van der Waals surface area (Å²) in [6, 6.07) is 13.5. The summed E-state index contributed by atoms with van der Waals surface area (Å²) in [6.45, 7) is 1.58. The van der Waals surface area contributed by atoms with Crippen molar-refractivity contribution in [3.05, 3.63) is 59.2 Å². The van der Waals surface area contributed by atoms with Crippen molar-refractivity contribution >= 4 is 17.5 Å². The Morgan fingerprint density at radius 1 is 1.04 bits per heavy atom. The van der Waals surface area contributed by atoms with Crippen LogP contribution in [0.4, 0.5) is 5.69 Å². The van der Waals surface area contributed by atoms with Gasteiger partial charge in [-0.2, -0.15) is 0 Å². The zero-order chi connectivity index (χ0) is 18.6. The van der Waals surface area contributed by atoms with Crippen LogP contribution >= 0.6 is 0 Å². The summed E-state index contributed by atoms with van der Waals surface area (Å²) in [5.41, 5.74) is 4.15. The first-order valence-electron chi connectivity index (χ1n) is 9.64. The van der Waals surface area contributed by atoms with Crippen LogP contribution in [0.25, 0.3) is 0 Å². The van der Waals surface area contributed by atoms with E-state index in [2.05, 4.69) is 17.4 Å². The number of hydrogen-bond donors (Lipinski definition) is 1. The van der Waals surface area contributed by atoms with Gasteiger partial charge in [-0.3, -0.25) is 9.59 Å². The van der Waals surface area contributed by atoms with Crippen molar-refractivity contribution in [3.8, 4) is 5.75 Å². The predicted octanol–water partition coefficient (Wildman–Crippen LogP) is 3.11. The molecule has 0 aromatic heterocycles. The number of fused-ring (bicyclic) bond motifs is 1. The van der Waals surface area contributed by atoms with E-state index < -0.39 is 0 Å². The van der Waals surface area contributed by atoms with Gasteiger partial charge in [0.05, 0.1) is 6.54 Å². The standard InChI is InChI=1S/C22H24N2O3/c25-21-8-3-12-24(21)19-7-2-6-18(14-19)22(26)23-11-13-27-20-10-9-16-4-1-5-17(16)15-20/h2,6-7,9-10,14-15H,1,3-5,8,11-13H2,(H,23,26). The van der Waals surface area contributed by atoms with Crippen LogP contribution in [0.15, 0.2) is 42.5 Å². The summed E-state index contributed by atoms with van der Waals surface area (Å²) >= 11 is 0. The third kappa shape index (κ3) is 3.97. The molecule has 1 saturated heterocycles. The van der Waals surface area contributed by atoms with E-state index in [0.29, 0.717) is 25.1 Å². The molecule has 5 nitrogen and oxygen atoms in total. The Balaban J connectivity index is 1.29. The highest BCUT2D eigenvalue weighted by molar-refractivity contribution is 5.99. The minimum Gasteiger partial charge on any atom is -0.492 e. The van der Waals surface area contributed by atoms with E-state index in [1.54, 1.807) is 17.0 Å². The van der Waals surface area contributed by atoms with Gasteiger partial charge in [0.25, 0.3) is 5.91 Å². The zero-order valence-corrected chi connectivity index (χ0v) is 15.4. The molecular weight excluding hydrogens is 340 g/mol. The Hall–Kier alpha value is -2.82. The molecule has 1 aliphatic carbocycles. The molecule has 140 valence electrons. The normalized spacial score (nSPS) is 15.7. The van der Waals surface area contributed by atoms with E-state index in [4.69, 9.17) is 4.74 Å². The van der Waals surface area contributed by atoms with E-state index in [1.807, 2.05) is 18.2 Å². The SMILES string of the molecule is O=C(NCCOc1ccc2c(c1)CCC2)c1cccc(N2CCCC2=O)c1. The third-order valence-electron chi connectivity index (χ3n) is 5.22. The molecule has 2 aromatic rings. The van der Waals surface area contributed by atoms with Crippen LogP contribution in [0, 0.1) is 0 Å². The number of hydrogen-bond acceptors (Lipinski definition) is 3. The fourth-order valence-corrected chi connectivity index (χ4v) is 3.81. The molecule has 4 rings (SSSR count). The monoisotopic (exact) mass is 364 g/mol. The molecule has 0 spiro atoms. The van der Waals surface area contributed by atoms with Crippen LogP contribution < -0.4 is 15.0 Å². The number of benzene rings is 2. The first-order valence-corrected chi connectivity index (χ1v) is 9.64. The van der Waals surface area contributed by atoms with Crippen LogP contribution in [-0.4, -0.2) is 31.5 Å². The quantitative estimate of drug-likeness (QED) is 0.802. The number of aryl methyl sites for hydroxylation is 2. The molecule has 1 heterocycles. The fourth-order valence-electron chi connectivity index (χ4n) is 3.81. The molecule has 0 saturated carbocycles. The lowest BCUT2D eigenvalue weighted by molar-refractivity contribution is -0.117. The minimum absolute atomic E-state index is 0.121. The molecule has 2 amide bonds. The molecule has 0 radical (unpaired) electrons. The topological polar surface area (TPSA) is 58.6 Å². The molecule has 2 aliphatic rings. The highest BCUT2D eigenvalue weighted by Crippen LogP contribution is 2.26. The summed E-state index contributed by atoms with van der Waals surface area (Å²) in [5.74, 6) is 0.829. The van der Waals surface area contributed by atoms with Crippen molar-refractivity contribution in [2.24, 2.45) is 0 Å². The highest BCUT2D eigenvalue weighted by Gasteiger charge is 2.22. The number of nitrogens with one attached hydrogen (secondary N) is 1. The average Bonchev–Trinajstić information content (AvgIpc) is 3.33. The first kappa shape index (κ1) is 17.6. The second-order valence-electron chi connectivity index (χ2n) is 7.09. The minimum atomic E-state index is -0.152. The molecule has 2 aromatic carbocycles. The van der Waals surface area contributed by atoms with Crippen molar-refractivity contribution in [1.82, 2.24) is 5.32 Å². The molecule has 1 N–H and O–H groups in total. The molecule has 0 bridgehead atoms. The van der Waals surface area contributed by atoms with Crippen LogP contribution in [-0.2, 0) is 17.6 Å². The van der Waals surface area contributed by atoms with Gasteiger partial charge in [0, 0.05) is 24.2 Å².